The van der Waals surface area contributed by atoms with Crippen LogP contribution in [0, 0.1) is 0 Å². The molecule has 3 atom stereocenters. The van der Waals surface area contributed by atoms with E-state index in [2.05, 4.69) is 55.6 Å². The number of quaternary nitrogens is 1. The molecule has 0 aliphatic heterocycles. The number of aliphatic hydroxyl groups is 1. The highest BCUT2D eigenvalue weighted by Crippen LogP contribution is 2.43. The van der Waals surface area contributed by atoms with Gasteiger partial charge in [-0.05, 0) is 64.2 Å². The van der Waals surface area contributed by atoms with E-state index in [1.54, 1.807) is 6.08 Å². The summed E-state index contributed by atoms with van der Waals surface area (Å²) in [6.45, 7) is 4.72. The first-order valence-corrected chi connectivity index (χ1v) is 29.5. The van der Waals surface area contributed by atoms with E-state index in [1.165, 1.54) is 186 Å². The Labute approximate surface area is 409 Å². The lowest BCUT2D eigenvalue weighted by Gasteiger charge is -2.25. The Balaban J connectivity index is 3.98. The molecule has 0 fully saturated rings. The lowest BCUT2D eigenvalue weighted by atomic mass is 10.0. The van der Waals surface area contributed by atoms with Gasteiger partial charge in [0.1, 0.15) is 13.2 Å². The van der Waals surface area contributed by atoms with Crippen LogP contribution in [0.2, 0.25) is 0 Å². The molecule has 0 bridgehead atoms. The normalized spacial score (nSPS) is 14.3. The van der Waals surface area contributed by atoms with Crippen LogP contribution in [-0.2, 0) is 18.4 Å². The molecular weight excluding hydrogens is 840 g/mol. The molecule has 388 valence electrons. The molecule has 66 heavy (non-hydrogen) atoms. The molecule has 0 rings (SSSR count). The highest BCUT2D eigenvalue weighted by atomic mass is 31.2. The van der Waals surface area contributed by atoms with Crippen LogP contribution in [-0.4, -0.2) is 73.4 Å². The van der Waals surface area contributed by atoms with Gasteiger partial charge < -0.3 is 19.8 Å². The number of nitrogens with zero attached hydrogens (tertiary/aromatic N) is 1. The van der Waals surface area contributed by atoms with E-state index in [4.69, 9.17) is 9.05 Å². The first-order valence-electron chi connectivity index (χ1n) is 28.0. The van der Waals surface area contributed by atoms with E-state index in [1.807, 2.05) is 27.2 Å². The summed E-state index contributed by atoms with van der Waals surface area (Å²) in [5, 5.41) is 13.8. The summed E-state index contributed by atoms with van der Waals surface area (Å²) in [6, 6.07) is -0.868. The van der Waals surface area contributed by atoms with Gasteiger partial charge in [-0.2, -0.15) is 0 Å². The van der Waals surface area contributed by atoms with Crippen molar-refractivity contribution in [2.24, 2.45) is 0 Å². The first kappa shape index (κ1) is 64.5. The van der Waals surface area contributed by atoms with Gasteiger partial charge in [0.05, 0.1) is 39.9 Å². The molecule has 0 spiro atoms. The average Bonchev–Trinajstić information content (AvgIpc) is 3.28. The number of allylic oxidation sites excluding steroid dienone is 7. The number of hydrogen-bond acceptors (Lipinski definition) is 5. The number of rotatable bonds is 51. The number of nitrogens with one attached hydrogen (secondary N) is 1. The zero-order valence-corrected chi connectivity index (χ0v) is 45.1. The minimum Gasteiger partial charge on any atom is -0.387 e. The van der Waals surface area contributed by atoms with Gasteiger partial charge in [0.25, 0.3) is 0 Å². The summed E-state index contributed by atoms with van der Waals surface area (Å²) < 4.78 is 23.6. The maximum atomic E-state index is 12.9. The molecule has 0 aliphatic carbocycles. The van der Waals surface area contributed by atoms with Crippen molar-refractivity contribution in [1.82, 2.24) is 5.32 Å². The number of phosphoric acid groups is 1. The molecule has 9 heteroatoms. The quantitative estimate of drug-likeness (QED) is 0.0243. The zero-order chi connectivity index (χ0) is 48.5. The Kier molecular flexibility index (Phi) is 47.4. The molecule has 0 aliphatic rings. The largest absolute Gasteiger partial charge is 0.472 e. The van der Waals surface area contributed by atoms with Crippen molar-refractivity contribution < 1.29 is 32.9 Å². The molecule has 0 saturated heterocycles. The Morgan fingerprint density at radius 1 is 0.500 bits per heavy atom. The van der Waals surface area contributed by atoms with Gasteiger partial charge in [-0.3, -0.25) is 13.8 Å². The molecule has 0 heterocycles. The SMILES string of the molecule is CCC/C=C/CC/C=C/CC/C=C/C(O)C(COP(=O)(O)OCC[N+](C)(C)C)NC(=O)CCCCCCCCCCCCCCCCCCC/C=C\CCCCCCCCCCCCCC. The Morgan fingerprint density at radius 2 is 0.864 bits per heavy atom. The third-order valence-corrected chi connectivity index (χ3v) is 13.5. The van der Waals surface area contributed by atoms with Crippen molar-refractivity contribution in [3.8, 4) is 0 Å². The van der Waals surface area contributed by atoms with Crippen molar-refractivity contribution in [3.63, 3.8) is 0 Å². The monoisotopic (exact) mass is 950 g/mol. The minimum atomic E-state index is -4.35. The molecule has 3 N–H and O–H groups in total. The number of hydrogen-bond donors (Lipinski definition) is 3. The van der Waals surface area contributed by atoms with Crippen molar-refractivity contribution in [1.29, 1.82) is 0 Å². The molecular formula is C57H110N2O6P+. The van der Waals surface area contributed by atoms with E-state index in [0.717, 1.165) is 51.4 Å². The van der Waals surface area contributed by atoms with Crippen molar-refractivity contribution >= 4 is 13.7 Å². The molecule has 1 amide bonds. The van der Waals surface area contributed by atoms with Crippen LogP contribution in [0.15, 0.2) is 48.6 Å². The summed E-state index contributed by atoms with van der Waals surface area (Å²) in [5.41, 5.74) is 0. The second kappa shape index (κ2) is 48.5. The standard InChI is InChI=1S/C57H109N2O6P/c1-6-8-10-12-14-16-18-19-20-21-22-23-24-25-26-27-28-29-30-31-32-33-34-35-36-37-38-39-41-43-45-47-49-51-57(61)58-55(54-65-66(62,63)64-53-52-59(3,4)5)56(60)50-48-46-44-42-40-17-15-13-11-9-7-2/h11,13,25-26,40,42,48,50,55-56,60H,6-10,12,14-24,27-39,41,43-47,49,51-54H2,1-5H3,(H-,58,61,62,63)/p+1/b13-11+,26-25-,42-40+,50-48+. The van der Waals surface area contributed by atoms with Gasteiger partial charge in [-0.15, -0.1) is 0 Å². The van der Waals surface area contributed by atoms with Gasteiger partial charge >= 0.3 is 7.82 Å². The smallest absolute Gasteiger partial charge is 0.387 e. The van der Waals surface area contributed by atoms with Crippen molar-refractivity contribution in [2.45, 2.75) is 270 Å². The Bertz CT molecular complexity index is 1210. The summed E-state index contributed by atoms with van der Waals surface area (Å²) >= 11 is 0. The maximum absolute atomic E-state index is 12.9. The van der Waals surface area contributed by atoms with Crippen molar-refractivity contribution in [3.05, 3.63) is 48.6 Å². The summed E-state index contributed by atoms with van der Waals surface area (Å²) in [4.78, 5) is 23.2. The Hall–Kier alpha value is -1.54. The van der Waals surface area contributed by atoms with Gasteiger partial charge in [0.2, 0.25) is 5.91 Å². The molecule has 0 radical (unpaired) electrons. The predicted octanol–water partition coefficient (Wildman–Crippen LogP) is 16.8. The number of likely N-dealkylation sites (N-methyl/N-ethyl adjacent to an activating group) is 1. The maximum Gasteiger partial charge on any atom is 0.472 e. The van der Waals surface area contributed by atoms with Crippen LogP contribution < -0.4 is 5.32 Å². The van der Waals surface area contributed by atoms with Crippen LogP contribution in [0.1, 0.15) is 258 Å². The summed E-state index contributed by atoms with van der Waals surface area (Å²) in [5.74, 6) is -0.191. The highest BCUT2D eigenvalue weighted by Gasteiger charge is 2.27. The minimum absolute atomic E-state index is 0.0534. The van der Waals surface area contributed by atoms with E-state index < -0.39 is 20.0 Å². The van der Waals surface area contributed by atoms with Gasteiger partial charge in [0.15, 0.2) is 0 Å². The molecule has 8 nitrogen and oxygen atoms in total. The van der Waals surface area contributed by atoms with Crippen LogP contribution >= 0.6 is 7.82 Å². The number of unbranched alkanes of at least 4 members (excludes halogenated alkanes) is 32. The number of aliphatic hydroxyl groups excluding tert-OH is 1. The molecule has 0 aromatic carbocycles. The first-order chi connectivity index (χ1) is 32.0. The summed E-state index contributed by atoms with van der Waals surface area (Å²) in [7, 11) is 1.55. The number of carbonyl (C=O) groups excluding carboxylic acids is 1. The van der Waals surface area contributed by atoms with Gasteiger partial charge in [-0.1, -0.05) is 236 Å². The molecule has 0 saturated carbocycles. The average molecular weight is 950 g/mol. The van der Waals surface area contributed by atoms with Gasteiger partial charge in [0, 0.05) is 6.42 Å². The highest BCUT2D eigenvalue weighted by molar-refractivity contribution is 7.47. The van der Waals surface area contributed by atoms with E-state index in [-0.39, 0.29) is 19.1 Å². The second-order valence-electron chi connectivity index (χ2n) is 20.3. The van der Waals surface area contributed by atoms with Crippen LogP contribution in [0.3, 0.4) is 0 Å². The fraction of sp³-hybridized carbons (Fsp3) is 0.842. The van der Waals surface area contributed by atoms with E-state index in [9.17, 15) is 19.4 Å². The third-order valence-electron chi connectivity index (χ3n) is 12.5. The second-order valence-corrected chi connectivity index (χ2v) is 21.7. The molecule has 0 aromatic heterocycles. The zero-order valence-electron chi connectivity index (χ0n) is 44.2. The van der Waals surface area contributed by atoms with Gasteiger partial charge in [-0.25, -0.2) is 4.57 Å². The lowest BCUT2D eigenvalue weighted by Crippen LogP contribution is -2.45. The lowest BCUT2D eigenvalue weighted by molar-refractivity contribution is -0.870. The molecule has 3 unspecified atom stereocenters. The van der Waals surface area contributed by atoms with Crippen molar-refractivity contribution in [2.75, 3.05) is 40.9 Å². The summed E-state index contributed by atoms with van der Waals surface area (Å²) in [6.07, 6.45) is 63.9. The third kappa shape index (κ3) is 50.3. The van der Waals surface area contributed by atoms with E-state index >= 15 is 0 Å². The molecule has 0 aromatic rings. The van der Waals surface area contributed by atoms with Crippen LogP contribution in [0.5, 0.6) is 0 Å². The Morgan fingerprint density at radius 3 is 1.27 bits per heavy atom. The fourth-order valence-corrected chi connectivity index (χ4v) is 8.81. The van der Waals surface area contributed by atoms with Crippen LogP contribution in [0.25, 0.3) is 0 Å². The number of amides is 1. The number of phosphoric ester groups is 1. The topological polar surface area (TPSA) is 105 Å². The number of carbonyl (C=O) groups is 1. The van der Waals surface area contributed by atoms with E-state index in [0.29, 0.717) is 17.4 Å². The van der Waals surface area contributed by atoms with Crippen LogP contribution in [0.4, 0.5) is 0 Å². The fourth-order valence-electron chi connectivity index (χ4n) is 8.08. The predicted molar refractivity (Wildman–Crippen MR) is 286 cm³/mol.